The molecular formula is C19H18O4. The highest BCUT2D eigenvalue weighted by molar-refractivity contribution is 6.15. The monoisotopic (exact) mass is 310 g/mol. The second kappa shape index (κ2) is 6.16. The van der Waals surface area contributed by atoms with E-state index in [1.807, 2.05) is 36.4 Å². The van der Waals surface area contributed by atoms with Crippen molar-refractivity contribution in [2.45, 2.75) is 6.42 Å². The molecule has 1 aliphatic rings. The highest BCUT2D eigenvalue weighted by atomic mass is 16.5. The maximum atomic E-state index is 12.5. The van der Waals surface area contributed by atoms with Gasteiger partial charge in [-0.05, 0) is 17.7 Å². The second-order valence-corrected chi connectivity index (χ2v) is 5.28. The number of carbonyl (C=O) groups excluding carboxylic acids is 1. The molecule has 23 heavy (non-hydrogen) atoms. The van der Waals surface area contributed by atoms with E-state index in [-0.39, 0.29) is 5.78 Å². The number of allylic oxidation sites excluding steroid dienone is 1. The van der Waals surface area contributed by atoms with Gasteiger partial charge in [0.2, 0.25) is 0 Å². The first-order valence-electron chi connectivity index (χ1n) is 7.31. The quantitative estimate of drug-likeness (QED) is 0.810. The Balaban J connectivity index is 2.05. The van der Waals surface area contributed by atoms with Gasteiger partial charge in [0.1, 0.15) is 5.75 Å². The summed E-state index contributed by atoms with van der Waals surface area (Å²) in [6, 6.07) is 11.3. The second-order valence-electron chi connectivity index (χ2n) is 5.28. The Labute approximate surface area is 135 Å². The summed E-state index contributed by atoms with van der Waals surface area (Å²) in [5.74, 6) is 1.90. The van der Waals surface area contributed by atoms with Gasteiger partial charge in [0.25, 0.3) is 0 Å². The van der Waals surface area contributed by atoms with Crippen LogP contribution >= 0.6 is 0 Å². The minimum atomic E-state index is 0.0671. The van der Waals surface area contributed by atoms with Crippen molar-refractivity contribution in [2.24, 2.45) is 0 Å². The van der Waals surface area contributed by atoms with Gasteiger partial charge in [-0.25, -0.2) is 0 Å². The van der Waals surface area contributed by atoms with E-state index < -0.39 is 0 Å². The van der Waals surface area contributed by atoms with E-state index in [0.717, 1.165) is 22.3 Å². The van der Waals surface area contributed by atoms with Crippen LogP contribution in [0.1, 0.15) is 21.5 Å². The van der Waals surface area contributed by atoms with Gasteiger partial charge in [-0.1, -0.05) is 24.3 Å². The molecular weight excluding hydrogens is 292 g/mol. The van der Waals surface area contributed by atoms with Crippen molar-refractivity contribution in [3.63, 3.8) is 0 Å². The fraction of sp³-hybridized carbons (Fsp3) is 0.211. The van der Waals surface area contributed by atoms with E-state index in [4.69, 9.17) is 14.2 Å². The summed E-state index contributed by atoms with van der Waals surface area (Å²) in [5.41, 5.74) is 3.37. The number of ether oxygens (including phenoxy) is 3. The number of methoxy groups -OCH3 is 3. The summed E-state index contributed by atoms with van der Waals surface area (Å²) in [5, 5.41) is 0. The zero-order valence-corrected chi connectivity index (χ0v) is 13.4. The molecule has 0 unspecified atom stereocenters. The Morgan fingerprint density at radius 3 is 2.22 bits per heavy atom. The lowest BCUT2D eigenvalue weighted by Crippen LogP contribution is -1.97. The van der Waals surface area contributed by atoms with Crippen molar-refractivity contribution in [3.8, 4) is 17.2 Å². The van der Waals surface area contributed by atoms with Crippen LogP contribution in [0.4, 0.5) is 0 Å². The number of fused-ring (bicyclic) bond motifs is 1. The average Bonchev–Trinajstić information content (AvgIpc) is 2.90. The fourth-order valence-electron chi connectivity index (χ4n) is 2.82. The van der Waals surface area contributed by atoms with Crippen LogP contribution in [0.15, 0.2) is 42.0 Å². The standard InChI is InChI=1S/C19H18O4/c1-21-16-11-18(23-3)17(22-2)10-13(16)9-14-8-12-6-4-5-7-15(12)19(14)20/h4-7,9-11H,8H2,1-3H3/b14-9+. The Hall–Kier alpha value is -2.75. The number of carbonyl (C=O) groups is 1. The van der Waals surface area contributed by atoms with Crippen LogP contribution in [0, 0.1) is 0 Å². The van der Waals surface area contributed by atoms with Crippen LogP contribution in [-0.4, -0.2) is 27.1 Å². The number of benzene rings is 2. The highest BCUT2D eigenvalue weighted by Crippen LogP contribution is 2.37. The van der Waals surface area contributed by atoms with E-state index in [9.17, 15) is 4.79 Å². The number of ketones is 1. The molecule has 4 nitrogen and oxygen atoms in total. The molecule has 0 saturated heterocycles. The predicted molar refractivity (Wildman–Crippen MR) is 88.6 cm³/mol. The molecule has 0 radical (unpaired) electrons. The molecule has 0 bridgehead atoms. The van der Waals surface area contributed by atoms with Gasteiger partial charge < -0.3 is 14.2 Å². The molecule has 0 aliphatic heterocycles. The Morgan fingerprint density at radius 1 is 0.913 bits per heavy atom. The fourth-order valence-corrected chi connectivity index (χ4v) is 2.82. The van der Waals surface area contributed by atoms with Crippen molar-refractivity contribution in [1.29, 1.82) is 0 Å². The molecule has 2 aromatic carbocycles. The van der Waals surface area contributed by atoms with E-state index in [2.05, 4.69) is 0 Å². The first-order valence-corrected chi connectivity index (χ1v) is 7.31. The molecule has 2 aromatic rings. The number of hydrogen-bond acceptors (Lipinski definition) is 4. The van der Waals surface area contributed by atoms with Gasteiger partial charge in [0.05, 0.1) is 21.3 Å². The lowest BCUT2D eigenvalue weighted by molar-refractivity contribution is 0.104. The number of hydrogen-bond donors (Lipinski definition) is 0. The topological polar surface area (TPSA) is 44.8 Å². The lowest BCUT2D eigenvalue weighted by Gasteiger charge is -2.12. The van der Waals surface area contributed by atoms with Crippen molar-refractivity contribution >= 4 is 11.9 Å². The third-order valence-electron chi connectivity index (χ3n) is 4.00. The van der Waals surface area contributed by atoms with Crippen molar-refractivity contribution in [2.75, 3.05) is 21.3 Å². The van der Waals surface area contributed by atoms with Crippen LogP contribution < -0.4 is 14.2 Å². The summed E-state index contributed by atoms with van der Waals surface area (Å²) in [6.45, 7) is 0. The molecule has 0 amide bonds. The van der Waals surface area contributed by atoms with Gasteiger partial charge in [0.15, 0.2) is 17.3 Å². The SMILES string of the molecule is COc1cc(OC)c(OC)cc1/C=C1\Cc2ccccc2C1=O. The summed E-state index contributed by atoms with van der Waals surface area (Å²) in [7, 11) is 4.75. The molecule has 0 saturated carbocycles. The van der Waals surface area contributed by atoms with E-state index in [1.165, 1.54) is 0 Å². The largest absolute Gasteiger partial charge is 0.496 e. The van der Waals surface area contributed by atoms with Crippen LogP contribution in [0.25, 0.3) is 6.08 Å². The Kier molecular flexibility index (Phi) is 4.06. The van der Waals surface area contributed by atoms with E-state index >= 15 is 0 Å². The summed E-state index contributed by atoms with van der Waals surface area (Å²) < 4.78 is 16.0. The molecule has 3 rings (SSSR count). The maximum Gasteiger partial charge on any atom is 0.189 e. The first kappa shape index (κ1) is 15.2. The maximum absolute atomic E-state index is 12.5. The highest BCUT2D eigenvalue weighted by Gasteiger charge is 2.24. The zero-order valence-electron chi connectivity index (χ0n) is 13.4. The van der Waals surface area contributed by atoms with Crippen LogP contribution in [-0.2, 0) is 6.42 Å². The summed E-state index contributed by atoms with van der Waals surface area (Å²) >= 11 is 0. The van der Waals surface area contributed by atoms with E-state index in [0.29, 0.717) is 23.7 Å². The Morgan fingerprint density at radius 2 is 1.57 bits per heavy atom. The third kappa shape index (κ3) is 2.68. The van der Waals surface area contributed by atoms with Crippen LogP contribution in [0.3, 0.4) is 0 Å². The number of Topliss-reactive ketones (excluding diaryl/α,β-unsaturated/α-hetero) is 1. The predicted octanol–water partition coefficient (Wildman–Crippen LogP) is 3.53. The minimum absolute atomic E-state index is 0.0671. The van der Waals surface area contributed by atoms with Gasteiger partial charge in [-0.2, -0.15) is 0 Å². The normalized spacial score (nSPS) is 14.7. The number of rotatable bonds is 4. The minimum Gasteiger partial charge on any atom is -0.496 e. The summed E-state index contributed by atoms with van der Waals surface area (Å²) in [6.07, 6.45) is 2.50. The lowest BCUT2D eigenvalue weighted by atomic mass is 10.1. The molecule has 0 aromatic heterocycles. The molecule has 0 atom stereocenters. The molecule has 0 spiro atoms. The van der Waals surface area contributed by atoms with Crippen molar-refractivity contribution in [1.82, 2.24) is 0 Å². The zero-order chi connectivity index (χ0) is 16.4. The van der Waals surface area contributed by atoms with Gasteiger partial charge >= 0.3 is 0 Å². The van der Waals surface area contributed by atoms with Gasteiger partial charge in [0, 0.05) is 29.2 Å². The molecule has 1 aliphatic carbocycles. The summed E-state index contributed by atoms with van der Waals surface area (Å²) in [4.78, 5) is 12.5. The van der Waals surface area contributed by atoms with E-state index in [1.54, 1.807) is 27.4 Å². The molecule has 118 valence electrons. The first-order chi connectivity index (χ1) is 11.2. The molecule has 0 heterocycles. The third-order valence-corrected chi connectivity index (χ3v) is 4.00. The molecule has 0 N–H and O–H groups in total. The average molecular weight is 310 g/mol. The van der Waals surface area contributed by atoms with Crippen LogP contribution in [0.5, 0.6) is 17.2 Å². The Bertz CT molecular complexity index is 790. The molecule has 0 fully saturated rings. The molecule has 4 heteroatoms. The van der Waals surface area contributed by atoms with Crippen molar-refractivity contribution < 1.29 is 19.0 Å². The van der Waals surface area contributed by atoms with Crippen molar-refractivity contribution in [3.05, 3.63) is 58.7 Å². The van der Waals surface area contributed by atoms with Gasteiger partial charge in [-0.15, -0.1) is 0 Å². The van der Waals surface area contributed by atoms with Crippen LogP contribution in [0.2, 0.25) is 0 Å². The smallest absolute Gasteiger partial charge is 0.189 e. The van der Waals surface area contributed by atoms with Gasteiger partial charge in [-0.3, -0.25) is 4.79 Å².